The van der Waals surface area contributed by atoms with Gasteiger partial charge in [-0.2, -0.15) is 11.3 Å². The third kappa shape index (κ3) is 5.18. The Labute approximate surface area is 240 Å². The highest BCUT2D eigenvalue weighted by molar-refractivity contribution is 7.96. The number of fused-ring (bicyclic) bond motifs is 2. The fraction of sp³-hybridized carbons (Fsp3) is 0.375. The molecule has 2 aromatic carbocycles. The zero-order valence-corrected chi connectivity index (χ0v) is 24.7. The molecule has 0 amide bonds. The first-order valence-corrected chi connectivity index (χ1v) is 15.7. The Kier molecular flexibility index (Phi) is 7.60. The standard InChI is InChI=1S/C32H33FN2O3S2/c1-20(40(37,38)32(2,3)4)17-35-18-22-9-8-11-23(26(22)19-35)21-13-14-25-29(15-21)39-30(31(25)34-5)16-28(36)24-10-6-7-12-27(24)33/h6-12,21H,1,13-19H2,2-4H3. The summed E-state index contributed by atoms with van der Waals surface area (Å²) in [6.07, 6.45) is 2.47. The minimum absolute atomic E-state index is 0.0258. The van der Waals surface area contributed by atoms with Crippen LogP contribution in [-0.2, 0) is 42.2 Å². The second-order valence-corrected chi connectivity index (χ2v) is 15.7. The van der Waals surface area contributed by atoms with Crippen LogP contribution in [0.2, 0.25) is 0 Å². The van der Waals surface area contributed by atoms with Crippen LogP contribution in [0.5, 0.6) is 0 Å². The van der Waals surface area contributed by atoms with Crippen LogP contribution in [0.15, 0.2) is 53.9 Å². The zero-order chi connectivity index (χ0) is 28.8. The topological polar surface area (TPSA) is 58.8 Å². The third-order valence-electron chi connectivity index (χ3n) is 8.03. The van der Waals surface area contributed by atoms with Crippen molar-refractivity contribution in [3.05, 3.63) is 109 Å². The number of nitrogens with zero attached hydrogens (tertiary/aromatic N) is 2. The minimum atomic E-state index is -3.45. The van der Waals surface area contributed by atoms with Crippen LogP contribution in [0.4, 0.5) is 10.1 Å². The van der Waals surface area contributed by atoms with Crippen molar-refractivity contribution in [3.63, 3.8) is 0 Å². The maximum Gasteiger partial charge on any atom is 0.204 e. The van der Waals surface area contributed by atoms with Crippen molar-refractivity contribution in [2.75, 3.05) is 6.54 Å². The van der Waals surface area contributed by atoms with Gasteiger partial charge in [0.25, 0.3) is 0 Å². The summed E-state index contributed by atoms with van der Waals surface area (Å²) < 4.78 is 39.1. The monoisotopic (exact) mass is 576 g/mol. The van der Waals surface area contributed by atoms with Gasteiger partial charge in [-0.15, -0.1) is 0 Å². The molecule has 5 rings (SSSR count). The van der Waals surface area contributed by atoms with Crippen molar-refractivity contribution < 1.29 is 17.6 Å². The lowest BCUT2D eigenvalue weighted by molar-refractivity contribution is 0.0990. The van der Waals surface area contributed by atoms with Gasteiger partial charge < -0.3 is 0 Å². The molecule has 0 saturated heterocycles. The highest BCUT2D eigenvalue weighted by atomic mass is 32.2. The van der Waals surface area contributed by atoms with Gasteiger partial charge in [-0.3, -0.25) is 9.69 Å². The molecule has 208 valence electrons. The lowest BCUT2D eigenvalue weighted by Gasteiger charge is -2.25. The molecule has 1 aliphatic heterocycles. The Morgan fingerprint density at radius 3 is 2.60 bits per heavy atom. The van der Waals surface area contributed by atoms with Gasteiger partial charge >= 0.3 is 0 Å². The Balaban J connectivity index is 1.35. The van der Waals surface area contributed by atoms with Crippen molar-refractivity contribution in [3.8, 4) is 0 Å². The molecule has 0 spiro atoms. The number of sulfone groups is 1. The molecule has 1 aliphatic carbocycles. The summed E-state index contributed by atoms with van der Waals surface area (Å²) in [5, 5.41) is 0. The van der Waals surface area contributed by atoms with Crippen molar-refractivity contribution in [1.29, 1.82) is 0 Å². The maximum absolute atomic E-state index is 14.2. The molecule has 0 N–H and O–H groups in total. The van der Waals surface area contributed by atoms with E-state index in [9.17, 15) is 17.6 Å². The molecular formula is C32H33FN2O3S2. The number of hydrogen-bond acceptors (Lipinski definition) is 5. The van der Waals surface area contributed by atoms with E-state index < -0.39 is 20.4 Å². The van der Waals surface area contributed by atoms with E-state index in [4.69, 9.17) is 6.57 Å². The Morgan fingerprint density at radius 1 is 1.15 bits per heavy atom. The van der Waals surface area contributed by atoms with Crippen LogP contribution in [0.25, 0.3) is 4.85 Å². The average molecular weight is 577 g/mol. The van der Waals surface area contributed by atoms with E-state index in [1.54, 1.807) is 32.9 Å². The lowest BCUT2D eigenvalue weighted by atomic mass is 9.81. The van der Waals surface area contributed by atoms with Crippen LogP contribution in [0, 0.1) is 12.4 Å². The third-order valence-corrected chi connectivity index (χ3v) is 11.8. The van der Waals surface area contributed by atoms with E-state index in [2.05, 4.69) is 34.5 Å². The van der Waals surface area contributed by atoms with Crippen molar-refractivity contribution in [1.82, 2.24) is 4.90 Å². The molecule has 5 nitrogen and oxygen atoms in total. The van der Waals surface area contributed by atoms with Gasteiger partial charge in [-0.1, -0.05) is 36.9 Å². The molecule has 2 heterocycles. The first-order chi connectivity index (χ1) is 18.9. The molecule has 40 heavy (non-hydrogen) atoms. The molecule has 0 saturated carbocycles. The average Bonchev–Trinajstić information content (AvgIpc) is 3.47. The normalized spacial score (nSPS) is 17.2. The van der Waals surface area contributed by atoms with Crippen molar-refractivity contribution >= 4 is 32.6 Å². The van der Waals surface area contributed by atoms with E-state index in [0.29, 0.717) is 25.3 Å². The van der Waals surface area contributed by atoms with Gasteiger partial charge in [-0.05, 0) is 85.2 Å². The van der Waals surface area contributed by atoms with Gasteiger partial charge in [0, 0.05) is 30.9 Å². The number of benzene rings is 2. The predicted molar refractivity (Wildman–Crippen MR) is 158 cm³/mol. The first-order valence-electron chi connectivity index (χ1n) is 13.4. The second kappa shape index (κ2) is 10.7. The smallest absolute Gasteiger partial charge is 0.204 e. The Hall–Kier alpha value is -3.12. The number of ketones is 1. The van der Waals surface area contributed by atoms with E-state index >= 15 is 0 Å². The van der Waals surface area contributed by atoms with E-state index in [1.165, 1.54) is 40.2 Å². The highest BCUT2D eigenvalue weighted by Crippen LogP contribution is 2.46. The second-order valence-electron chi connectivity index (χ2n) is 11.7. The molecule has 2 aliphatic rings. The fourth-order valence-corrected chi connectivity index (χ4v) is 8.44. The van der Waals surface area contributed by atoms with Gasteiger partial charge in [-0.25, -0.2) is 17.7 Å². The van der Waals surface area contributed by atoms with E-state index in [1.807, 2.05) is 0 Å². The molecular weight excluding hydrogens is 543 g/mol. The Bertz CT molecular complexity index is 1660. The molecule has 1 atom stereocenters. The number of carbonyl (C=O) groups is 1. The maximum atomic E-state index is 14.2. The van der Waals surface area contributed by atoms with Crippen LogP contribution in [0.3, 0.4) is 0 Å². The molecule has 1 unspecified atom stereocenters. The van der Waals surface area contributed by atoms with Crippen LogP contribution in [-0.4, -0.2) is 30.4 Å². The number of Topliss-reactive ketones (excluding diaryl/α,β-unsaturated/α-hetero) is 1. The van der Waals surface area contributed by atoms with Gasteiger partial charge in [0.1, 0.15) is 5.82 Å². The van der Waals surface area contributed by atoms with E-state index in [0.717, 1.165) is 34.6 Å². The molecule has 3 aromatic rings. The number of halogens is 1. The summed E-state index contributed by atoms with van der Waals surface area (Å²) in [4.78, 5) is 20.9. The number of hydrogen-bond donors (Lipinski definition) is 0. The largest absolute Gasteiger partial charge is 0.294 e. The van der Waals surface area contributed by atoms with Gasteiger partial charge in [0.05, 0.1) is 21.8 Å². The van der Waals surface area contributed by atoms with Gasteiger partial charge in [0.15, 0.2) is 15.6 Å². The summed E-state index contributed by atoms with van der Waals surface area (Å²) in [5.41, 5.74) is 5.40. The van der Waals surface area contributed by atoms with Crippen molar-refractivity contribution in [2.45, 2.75) is 70.2 Å². The predicted octanol–water partition coefficient (Wildman–Crippen LogP) is 7.18. The summed E-state index contributed by atoms with van der Waals surface area (Å²) in [6.45, 7) is 18.5. The fourth-order valence-electron chi connectivity index (χ4n) is 5.85. The summed E-state index contributed by atoms with van der Waals surface area (Å²) >= 11 is 1.52. The quantitative estimate of drug-likeness (QED) is 0.221. The van der Waals surface area contributed by atoms with E-state index in [-0.39, 0.29) is 28.6 Å². The first kappa shape index (κ1) is 28.4. The number of carbonyl (C=O) groups excluding carboxylic acids is 1. The van der Waals surface area contributed by atoms with Crippen LogP contribution in [0.1, 0.15) is 75.5 Å². The van der Waals surface area contributed by atoms with Crippen LogP contribution >= 0.6 is 11.3 Å². The zero-order valence-electron chi connectivity index (χ0n) is 23.1. The number of rotatable bonds is 7. The summed E-state index contributed by atoms with van der Waals surface area (Å²) in [7, 11) is -3.45. The molecule has 0 bridgehead atoms. The number of thiophene rings is 1. The van der Waals surface area contributed by atoms with Gasteiger partial charge in [0.2, 0.25) is 5.69 Å². The molecule has 1 aromatic heterocycles. The Morgan fingerprint density at radius 2 is 1.90 bits per heavy atom. The summed E-state index contributed by atoms with van der Waals surface area (Å²) in [6, 6.07) is 12.3. The summed E-state index contributed by atoms with van der Waals surface area (Å²) in [5.74, 6) is -0.574. The SMILES string of the molecule is [C-]#[N+]c1c(CC(=O)c2ccccc2F)sc2c1CCC(c1cccc3c1CN(CC(=C)S(=O)(=O)C(C)(C)C)C3)C2. The molecule has 0 radical (unpaired) electrons. The van der Waals surface area contributed by atoms with Crippen molar-refractivity contribution in [2.24, 2.45) is 0 Å². The molecule has 8 heteroatoms. The minimum Gasteiger partial charge on any atom is -0.294 e. The van der Waals surface area contributed by atoms with Crippen LogP contribution < -0.4 is 0 Å². The lowest BCUT2D eigenvalue weighted by Crippen LogP contribution is -2.33. The molecule has 0 fully saturated rings. The highest BCUT2D eigenvalue weighted by Gasteiger charge is 2.35.